The third-order valence-electron chi connectivity index (χ3n) is 4.52. The summed E-state index contributed by atoms with van der Waals surface area (Å²) in [5.74, 6) is -7.75. The van der Waals surface area contributed by atoms with E-state index in [0.717, 1.165) is 17.3 Å². The van der Waals surface area contributed by atoms with E-state index >= 15 is 0 Å². The fourth-order valence-electron chi connectivity index (χ4n) is 2.84. The van der Waals surface area contributed by atoms with Crippen LogP contribution in [0.4, 0.5) is 28.9 Å². The molecule has 32 heavy (non-hydrogen) atoms. The molecule has 0 aromatic heterocycles. The number of amides is 2. The van der Waals surface area contributed by atoms with Crippen LogP contribution in [-0.2, 0) is 4.79 Å². The maximum atomic E-state index is 13.8. The van der Waals surface area contributed by atoms with Gasteiger partial charge in [0.15, 0.2) is 23.3 Å². The van der Waals surface area contributed by atoms with Gasteiger partial charge in [0.25, 0.3) is 5.91 Å². The lowest BCUT2D eigenvalue weighted by molar-refractivity contribution is -0.115. The minimum Gasteiger partial charge on any atom is -0.322 e. The van der Waals surface area contributed by atoms with Gasteiger partial charge in [-0.3, -0.25) is 9.59 Å². The maximum absolute atomic E-state index is 13.8. The van der Waals surface area contributed by atoms with E-state index in [0.29, 0.717) is 16.1 Å². The van der Waals surface area contributed by atoms with Crippen LogP contribution in [0.1, 0.15) is 22.8 Å². The normalized spacial score (nSPS) is 11.7. The second-order valence-electron chi connectivity index (χ2n) is 6.89. The van der Waals surface area contributed by atoms with Gasteiger partial charge in [-0.25, -0.2) is 17.6 Å². The molecule has 0 saturated heterocycles. The zero-order chi connectivity index (χ0) is 23.4. The van der Waals surface area contributed by atoms with E-state index in [1.54, 1.807) is 36.4 Å². The minimum absolute atomic E-state index is 0.0647. The van der Waals surface area contributed by atoms with E-state index in [-0.39, 0.29) is 12.0 Å². The van der Waals surface area contributed by atoms with Crippen molar-refractivity contribution in [1.29, 1.82) is 0 Å². The molecule has 0 aliphatic heterocycles. The average molecular weight is 462 g/mol. The van der Waals surface area contributed by atoms with Crippen LogP contribution in [0.3, 0.4) is 0 Å². The predicted molar refractivity (Wildman–Crippen MR) is 116 cm³/mol. The first-order valence-electron chi connectivity index (χ1n) is 9.45. The Bertz CT molecular complexity index is 1160. The van der Waals surface area contributed by atoms with E-state index in [1.807, 2.05) is 24.4 Å². The smallest absolute Gasteiger partial charge is 0.255 e. The van der Waals surface area contributed by atoms with E-state index in [2.05, 4.69) is 5.32 Å². The summed E-state index contributed by atoms with van der Waals surface area (Å²) < 4.78 is 54.3. The van der Waals surface area contributed by atoms with Crippen molar-refractivity contribution in [2.75, 3.05) is 10.6 Å². The second-order valence-corrected chi connectivity index (χ2v) is 8.30. The van der Waals surface area contributed by atoms with Gasteiger partial charge in [0.2, 0.25) is 5.91 Å². The summed E-state index contributed by atoms with van der Waals surface area (Å²) in [4.78, 5) is 25.4. The van der Waals surface area contributed by atoms with Gasteiger partial charge < -0.3 is 10.6 Å². The lowest BCUT2D eigenvalue weighted by Gasteiger charge is -2.14. The fraction of sp³-hybridized carbons (Fsp3) is 0.130. The SMILES string of the molecule is Cc1ccccc1C(=O)Nc1cccc(SC(C)C(=O)Nc2c(F)c(F)cc(F)c2F)c1. The highest BCUT2D eigenvalue weighted by atomic mass is 32.2. The number of anilines is 2. The molecule has 0 saturated carbocycles. The standard InChI is InChI=1S/C23H18F4N2O2S/c1-12-6-3-4-9-16(12)23(31)28-14-7-5-8-15(10-14)32-13(2)22(30)29-21-19(26)17(24)11-18(25)20(21)27/h3-11,13H,1-2H3,(H,28,31)(H,29,30). The number of hydrogen-bond acceptors (Lipinski definition) is 3. The number of nitrogens with one attached hydrogen (secondary N) is 2. The molecule has 0 bridgehead atoms. The molecule has 1 atom stereocenters. The molecule has 2 N–H and O–H groups in total. The molecule has 0 spiro atoms. The van der Waals surface area contributed by atoms with E-state index < -0.39 is 40.1 Å². The van der Waals surface area contributed by atoms with Gasteiger partial charge >= 0.3 is 0 Å². The number of halogens is 4. The maximum Gasteiger partial charge on any atom is 0.255 e. The van der Waals surface area contributed by atoms with Crippen molar-refractivity contribution in [1.82, 2.24) is 0 Å². The molecular weight excluding hydrogens is 444 g/mol. The Labute approximate surface area is 186 Å². The van der Waals surface area contributed by atoms with Crippen molar-refractivity contribution >= 4 is 35.0 Å². The molecule has 0 heterocycles. The second kappa shape index (κ2) is 9.86. The highest BCUT2D eigenvalue weighted by Crippen LogP contribution is 2.29. The van der Waals surface area contributed by atoms with E-state index in [9.17, 15) is 27.2 Å². The monoisotopic (exact) mass is 462 g/mol. The fourth-order valence-corrected chi connectivity index (χ4v) is 3.76. The van der Waals surface area contributed by atoms with E-state index in [4.69, 9.17) is 0 Å². The van der Waals surface area contributed by atoms with Crippen molar-refractivity contribution in [3.63, 3.8) is 0 Å². The van der Waals surface area contributed by atoms with Crippen molar-refractivity contribution in [3.8, 4) is 0 Å². The summed E-state index contributed by atoms with van der Waals surface area (Å²) in [6.45, 7) is 3.28. The number of benzene rings is 3. The minimum atomic E-state index is -1.68. The van der Waals surface area contributed by atoms with Gasteiger partial charge in [-0.2, -0.15) is 0 Å². The Morgan fingerprint density at radius 3 is 2.19 bits per heavy atom. The Morgan fingerprint density at radius 2 is 1.53 bits per heavy atom. The predicted octanol–water partition coefficient (Wildman–Crippen LogP) is 5.92. The lowest BCUT2D eigenvalue weighted by Crippen LogP contribution is -2.24. The summed E-state index contributed by atoms with van der Waals surface area (Å²) in [6, 6.07) is 13.8. The van der Waals surface area contributed by atoms with Crippen molar-refractivity contribution < 1.29 is 27.2 Å². The molecule has 1 unspecified atom stereocenters. The number of aryl methyl sites for hydroxylation is 1. The van der Waals surface area contributed by atoms with Crippen LogP contribution in [0.2, 0.25) is 0 Å². The van der Waals surface area contributed by atoms with Crippen LogP contribution in [0.15, 0.2) is 59.5 Å². The molecule has 0 aliphatic carbocycles. The summed E-state index contributed by atoms with van der Waals surface area (Å²) in [6.07, 6.45) is 0. The van der Waals surface area contributed by atoms with Crippen molar-refractivity contribution in [2.45, 2.75) is 24.0 Å². The van der Waals surface area contributed by atoms with Crippen LogP contribution in [0, 0.1) is 30.2 Å². The zero-order valence-electron chi connectivity index (χ0n) is 17.0. The highest BCUT2D eigenvalue weighted by Gasteiger charge is 2.23. The van der Waals surface area contributed by atoms with E-state index in [1.165, 1.54) is 6.92 Å². The van der Waals surface area contributed by atoms with Gasteiger partial charge in [-0.1, -0.05) is 24.3 Å². The Morgan fingerprint density at radius 1 is 0.875 bits per heavy atom. The molecule has 9 heteroatoms. The molecule has 0 aliphatic rings. The molecule has 4 nitrogen and oxygen atoms in total. The number of carbonyl (C=O) groups excluding carboxylic acids is 2. The zero-order valence-corrected chi connectivity index (χ0v) is 17.8. The molecule has 0 radical (unpaired) electrons. The quantitative estimate of drug-likeness (QED) is 0.272. The third kappa shape index (κ3) is 5.28. The molecule has 3 aromatic rings. The lowest BCUT2D eigenvalue weighted by atomic mass is 10.1. The Balaban J connectivity index is 1.70. The first-order valence-corrected chi connectivity index (χ1v) is 10.3. The molecular formula is C23H18F4N2O2S. The number of rotatable bonds is 6. The first-order chi connectivity index (χ1) is 15.2. The van der Waals surface area contributed by atoms with Crippen LogP contribution in [-0.4, -0.2) is 17.1 Å². The summed E-state index contributed by atoms with van der Waals surface area (Å²) in [5, 5.41) is 3.80. The van der Waals surface area contributed by atoms with Gasteiger partial charge in [0, 0.05) is 22.2 Å². The van der Waals surface area contributed by atoms with Crippen LogP contribution < -0.4 is 10.6 Å². The number of hydrogen-bond donors (Lipinski definition) is 2. The van der Waals surface area contributed by atoms with Gasteiger partial charge in [-0.15, -0.1) is 11.8 Å². The highest BCUT2D eigenvalue weighted by molar-refractivity contribution is 8.00. The average Bonchev–Trinajstić information content (AvgIpc) is 2.75. The molecule has 0 fully saturated rings. The van der Waals surface area contributed by atoms with Crippen LogP contribution in [0.25, 0.3) is 0 Å². The number of thioether (sulfide) groups is 1. The summed E-state index contributed by atoms with van der Waals surface area (Å²) in [7, 11) is 0. The number of carbonyl (C=O) groups is 2. The molecule has 166 valence electrons. The van der Waals surface area contributed by atoms with Gasteiger partial charge in [0.1, 0.15) is 5.69 Å². The van der Waals surface area contributed by atoms with Crippen molar-refractivity contribution in [2.24, 2.45) is 0 Å². The summed E-state index contributed by atoms with van der Waals surface area (Å²) >= 11 is 1.04. The largest absolute Gasteiger partial charge is 0.322 e. The van der Waals surface area contributed by atoms with Gasteiger partial charge in [0.05, 0.1) is 5.25 Å². The van der Waals surface area contributed by atoms with Gasteiger partial charge in [-0.05, 0) is 43.7 Å². The van der Waals surface area contributed by atoms with Crippen molar-refractivity contribution in [3.05, 3.63) is 89.0 Å². The molecule has 3 aromatic carbocycles. The topological polar surface area (TPSA) is 58.2 Å². The first kappa shape index (κ1) is 23.3. The van der Waals surface area contributed by atoms with Crippen LogP contribution in [0.5, 0.6) is 0 Å². The summed E-state index contributed by atoms with van der Waals surface area (Å²) in [5.41, 5.74) is 0.637. The molecule has 3 rings (SSSR count). The Kier molecular flexibility index (Phi) is 7.19. The molecule has 2 amide bonds. The third-order valence-corrected chi connectivity index (χ3v) is 5.62. The Hall–Kier alpha value is -3.33. The van der Waals surface area contributed by atoms with Crippen LogP contribution >= 0.6 is 11.8 Å².